The first-order chi connectivity index (χ1) is 6.90. The van der Waals surface area contributed by atoms with E-state index in [2.05, 4.69) is 23.7 Å². The van der Waals surface area contributed by atoms with Crippen molar-refractivity contribution in [2.24, 2.45) is 11.5 Å². The normalized spacial score (nSPS) is 8.67. The monoisotopic (exact) mass is 266 g/mol. The maximum Gasteiger partial charge on any atom is 0.160 e. The van der Waals surface area contributed by atoms with Crippen molar-refractivity contribution in [1.82, 2.24) is 0 Å². The van der Waals surface area contributed by atoms with Crippen LogP contribution in [0.4, 0.5) is 0 Å². The molecule has 0 heterocycles. The summed E-state index contributed by atoms with van der Waals surface area (Å²) >= 11 is 15.1. The van der Waals surface area contributed by atoms with E-state index in [0.29, 0.717) is 6.29 Å². The van der Waals surface area contributed by atoms with Crippen molar-refractivity contribution in [2.75, 3.05) is 0 Å². The maximum absolute atomic E-state index is 10.2. The van der Waals surface area contributed by atoms with Gasteiger partial charge < -0.3 is 16.6 Å². The molecule has 15 heavy (non-hydrogen) atoms. The molecule has 1 rings (SSSR count). The number of rotatable bonds is 1. The zero-order chi connectivity index (χ0) is 12.0. The van der Waals surface area contributed by atoms with E-state index in [1.165, 1.54) is 12.1 Å². The molecule has 0 unspecified atom stereocenters. The van der Waals surface area contributed by atoms with Crippen LogP contribution in [0.1, 0.15) is 10.4 Å². The Morgan fingerprint density at radius 2 is 1.87 bits per heavy atom. The maximum atomic E-state index is 10.2. The van der Waals surface area contributed by atoms with Crippen LogP contribution >= 0.6 is 35.4 Å². The van der Waals surface area contributed by atoms with Crippen LogP contribution in [-0.4, -0.2) is 16.5 Å². The Balaban J connectivity index is 0.000000423. The van der Waals surface area contributed by atoms with Crippen molar-refractivity contribution in [2.45, 2.75) is 0 Å². The molecule has 7 heteroatoms. The molecule has 82 valence electrons. The van der Waals surface area contributed by atoms with Crippen molar-refractivity contribution in [1.29, 1.82) is 0 Å². The number of aldehydes is 1. The van der Waals surface area contributed by atoms with E-state index < -0.39 is 0 Å². The van der Waals surface area contributed by atoms with Crippen LogP contribution in [0.3, 0.4) is 0 Å². The first-order valence-electron chi connectivity index (χ1n) is 3.57. The topological polar surface area (TPSA) is 89.3 Å². The Kier molecular flexibility index (Phi) is 6.00. The summed E-state index contributed by atoms with van der Waals surface area (Å²) in [6.45, 7) is 0. The van der Waals surface area contributed by atoms with Gasteiger partial charge in [-0.05, 0) is 24.4 Å². The summed E-state index contributed by atoms with van der Waals surface area (Å²) in [4.78, 5) is 10.2. The van der Waals surface area contributed by atoms with Crippen LogP contribution in [0.2, 0.25) is 10.0 Å². The number of nitrogens with two attached hydrogens (primary N) is 2. The Labute approximate surface area is 102 Å². The molecule has 0 atom stereocenters. The number of hydrogen-bond acceptors (Lipinski definition) is 3. The number of carbonyl (C=O) groups excluding carboxylic acids is 1. The summed E-state index contributed by atoms with van der Waals surface area (Å²) < 4.78 is 0. The summed E-state index contributed by atoms with van der Waals surface area (Å²) in [6, 6.07) is 2.85. The lowest BCUT2D eigenvalue weighted by Gasteiger charge is -2.00. The van der Waals surface area contributed by atoms with Gasteiger partial charge in [-0.2, -0.15) is 0 Å². The fraction of sp³-hybridized carbons (Fsp3) is 0. The highest BCUT2D eigenvalue weighted by molar-refractivity contribution is 7.80. The minimum absolute atomic E-state index is 0.000000000000000222. The second-order valence-electron chi connectivity index (χ2n) is 2.32. The number of aromatic hydroxyl groups is 1. The van der Waals surface area contributed by atoms with Gasteiger partial charge in [-0.25, -0.2) is 0 Å². The predicted octanol–water partition coefficient (Wildman–Crippen LogP) is 1.70. The van der Waals surface area contributed by atoms with Gasteiger partial charge in [0.05, 0.1) is 10.6 Å². The second-order valence-corrected chi connectivity index (χ2v) is 3.58. The van der Waals surface area contributed by atoms with Gasteiger partial charge in [0.2, 0.25) is 0 Å². The molecule has 0 aliphatic heterocycles. The van der Waals surface area contributed by atoms with Crippen molar-refractivity contribution < 1.29 is 9.90 Å². The number of halogens is 2. The molecule has 4 nitrogen and oxygen atoms in total. The minimum Gasteiger partial charge on any atom is -0.506 e. The summed E-state index contributed by atoms with van der Waals surface area (Å²) in [7, 11) is 0. The van der Waals surface area contributed by atoms with Crippen LogP contribution in [0.25, 0.3) is 0 Å². The third-order valence-electron chi connectivity index (χ3n) is 1.23. The molecule has 0 aromatic heterocycles. The van der Waals surface area contributed by atoms with Crippen molar-refractivity contribution in [3.8, 4) is 5.75 Å². The van der Waals surface area contributed by atoms with Gasteiger partial charge in [-0.3, -0.25) is 4.79 Å². The van der Waals surface area contributed by atoms with E-state index in [1.807, 2.05) is 0 Å². The molecule has 0 amide bonds. The van der Waals surface area contributed by atoms with Crippen molar-refractivity contribution >= 4 is 46.8 Å². The predicted molar refractivity (Wildman–Crippen MR) is 64.5 cm³/mol. The number of thiocarbonyl (C=S) groups is 1. The van der Waals surface area contributed by atoms with E-state index in [9.17, 15) is 4.79 Å². The van der Waals surface area contributed by atoms with E-state index in [-0.39, 0.29) is 26.5 Å². The third-order valence-corrected chi connectivity index (χ3v) is 2.02. The summed E-state index contributed by atoms with van der Waals surface area (Å²) in [5.74, 6) is -0.269. The van der Waals surface area contributed by atoms with Gasteiger partial charge in [0, 0.05) is 0 Å². The number of phenolic OH excluding ortho intramolecular Hbond substituents is 1. The lowest BCUT2D eigenvalue weighted by Crippen LogP contribution is -2.18. The van der Waals surface area contributed by atoms with Gasteiger partial charge >= 0.3 is 0 Å². The first-order valence-corrected chi connectivity index (χ1v) is 4.73. The highest BCUT2D eigenvalue weighted by Crippen LogP contribution is 2.32. The summed E-state index contributed by atoms with van der Waals surface area (Å²) in [5, 5.41) is 9.37. The highest BCUT2D eigenvalue weighted by atomic mass is 35.5. The average Bonchev–Trinajstić information content (AvgIpc) is 2.14. The number of carbonyl (C=O) groups is 1. The van der Waals surface area contributed by atoms with E-state index in [1.54, 1.807) is 0 Å². The van der Waals surface area contributed by atoms with Crippen LogP contribution in [0.15, 0.2) is 12.1 Å². The SMILES string of the molecule is NC(N)=S.O=Cc1ccc(Cl)c(Cl)c1O. The lowest BCUT2D eigenvalue weighted by atomic mass is 10.2. The second kappa shape index (κ2) is 6.44. The average molecular weight is 267 g/mol. The number of hydrogen-bond donors (Lipinski definition) is 3. The van der Waals surface area contributed by atoms with Crippen molar-refractivity contribution in [3.63, 3.8) is 0 Å². The molecular weight excluding hydrogens is 259 g/mol. The highest BCUT2D eigenvalue weighted by Gasteiger charge is 2.07. The Bertz CT molecular complexity index is 381. The number of benzene rings is 1. The van der Waals surface area contributed by atoms with E-state index in [4.69, 9.17) is 28.3 Å². The van der Waals surface area contributed by atoms with Gasteiger partial charge in [-0.15, -0.1) is 0 Å². The molecule has 0 spiro atoms. The largest absolute Gasteiger partial charge is 0.506 e. The van der Waals surface area contributed by atoms with Crippen LogP contribution in [0, 0.1) is 0 Å². The molecule has 0 saturated carbocycles. The van der Waals surface area contributed by atoms with Gasteiger partial charge in [0.15, 0.2) is 11.4 Å². The summed E-state index contributed by atoms with van der Waals surface area (Å²) in [6.07, 6.45) is 0.511. The molecule has 1 aromatic rings. The smallest absolute Gasteiger partial charge is 0.160 e. The van der Waals surface area contributed by atoms with Crippen LogP contribution in [-0.2, 0) is 0 Å². The molecule has 0 aliphatic rings. The molecule has 0 saturated heterocycles. The van der Waals surface area contributed by atoms with E-state index >= 15 is 0 Å². The van der Waals surface area contributed by atoms with Crippen LogP contribution < -0.4 is 11.5 Å². The Morgan fingerprint density at radius 1 is 1.40 bits per heavy atom. The minimum atomic E-state index is -0.269. The lowest BCUT2D eigenvalue weighted by molar-refractivity contribution is 0.112. The molecule has 5 N–H and O–H groups in total. The Morgan fingerprint density at radius 3 is 2.27 bits per heavy atom. The fourth-order valence-corrected chi connectivity index (χ4v) is 0.975. The van der Waals surface area contributed by atoms with Gasteiger partial charge in [0.1, 0.15) is 10.8 Å². The molecule has 1 aromatic carbocycles. The van der Waals surface area contributed by atoms with E-state index in [0.717, 1.165) is 0 Å². The van der Waals surface area contributed by atoms with Gasteiger partial charge in [-0.1, -0.05) is 23.2 Å². The summed E-state index contributed by atoms with van der Waals surface area (Å²) in [5.41, 5.74) is 9.38. The van der Waals surface area contributed by atoms with Crippen molar-refractivity contribution in [3.05, 3.63) is 27.7 Å². The molecule has 0 bridgehead atoms. The van der Waals surface area contributed by atoms with Gasteiger partial charge in [0.25, 0.3) is 0 Å². The Hall–Kier alpha value is -1.04. The quantitative estimate of drug-likeness (QED) is 0.532. The third kappa shape index (κ3) is 4.83. The zero-order valence-corrected chi connectivity index (χ0v) is 9.73. The first kappa shape index (κ1) is 14.0. The zero-order valence-electron chi connectivity index (χ0n) is 7.41. The van der Waals surface area contributed by atoms with Crippen LogP contribution in [0.5, 0.6) is 5.75 Å². The molecular formula is C8H8Cl2N2O2S. The molecule has 0 fully saturated rings. The standard InChI is InChI=1S/C7H4Cl2O2.CH4N2S/c8-5-2-1-4(3-10)7(11)6(5)9;2-1(3)4/h1-3,11H;(H4,2,3,4). The molecule has 0 radical (unpaired) electrons. The fourth-order valence-electron chi connectivity index (χ4n) is 0.650. The number of phenols is 1. The molecule has 0 aliphatic carbocycles.